The number of aromatic nitrogens is 1. The molecule has 1 amide bonds. The third-order valence-corrected chi connectivity index (χ3v) is 2.42. The summed E-state index contributed by atoms with van der Waals surface area (Å²) in [5, 5.41) is 12.7. The smallest absolute Gasteiger partial charge is 0.253 e. The molecule has 0 saturated carbocycles. The maximum Gasteiger partial charge on any atom is 0.253 e. The van der Waals surface area contributed by atoms with Crippen LogP contribution in [-0.2, 0) is 0 Å². The predicted molar refractivity (Wildman–Crippen MR) is 58.1 cm³/mol. The first kappa shape index (κ1) is 9.58. The zero-order chi connectivity index (χ0) is 11.0. The molecule has 0 aliphatic rings. The van der Waals surface area contributed by atoms with E-state index in [1.165, 1.54) is 0 Å². The van der Waals surface area contributed by atoms with Gasteiger partial charge in [0, 0.05) is 24.2 Å². The minimum atomic E-state index is -0.121. The van der Waals surface area contributed by atoms with E-state index in [9.17, 15) is 9.90 Å². The zero-order valence-electron chi connectivity index (χ0n) is 8.59. The highest BCUT2D eigenvalue weighted by atomic mass is 16.3. The van der Waals surface area contributed by atoms with E-state index in [0.29, 0.717) is 5.56 Å². The number of rotatable bonds is 1. The quantitative estimate of drug-likeness (QED) is 0.659. The Morgan fingerprint density at radius 2 is 2.20 bits per heavy atom. The molecule has 1 aromatic heterocycles. The van der Waals surface area contributed by atoms with Crippen molar-refractivity contribution in [3.63, 3.8) is 0 Å². The molecule has 4 heteroatoms. The second-order valence-electron chi connectivity index (χ2n) is 3.43. The molecule has 2 rings (SSSR count). The number of aromatic hydroxyl groups is 1. The van der Waals surface area contributed by atoms with Crippen LogP contribution in [0.1, 0.15) is 16.1 Å². The van der Waals surface area contributed by atoms with Crippen LogP contribution >= 0.6 is 0 Å². The van der Waals surface area contributed by atoms with Crippen LogP contribution in [0.3, 0.4) is 0 Å². The van der Waals surface area contributed by atoms with Crippen LogP contribution < -0.4 is 5.32 Å². The number of H-pyrrole nitrogens is 1. The fourth-order valence-corrected chi connectivity index (χ4v) is 1.74. The Labute approximate surface area is 86.9 Å². The molecule has 0 aliphatic carbocycles. The first-order chi connectivity index (χ1) is 7.13. The van der Waals surface area contributed by atoms with Gasteiger partial charge in [0.2, 0.25) is 0 Å². The summed E-state index contributed by atoms with van der Waals surface area (Å²) in [7, 11) is 1.60. The normalized spacial score (nSPS) is 10.5. The monoisotopic (exact) mass is 204 g/mol. The summed E-state index contributed by atoms with van der Waals surface area (Å²) in [4.78, 5) is 14.7. The Morgan fingerprint density at radius 1 is 1.47 bits per heavy atom. The van der Waals surface area contributed by atoms with Crippen LogP contribution in [0.5, 0.6) is 5.75 Å². The molecule has 15 heavy (non-hydrogen) atoms. The highest BCUT2D eigenvalue weighted by molar-refractivity contribution is 6.08. The van der Waals surface area contributed by atoms with Gasteiger partial charge < -0.3 is 15.4 Å². The number of benzene rings is 1. The molecule has 1 heterocycles. The summed E-state index contributed by atoms with van der Waals surface area (Å²) in [6.45, 7) is 1.83. The molecule has 1 aromatic carbocycles. The van der Waals surface area contributed by atoms with E-state index in [-0.39, 0.29) is 11.7 Å². The van der Waals surface area contributed by atoms with Gasteiger partial charge in [0.15, 0.2) is 0 Å². The van der Waals surface area contributed by atoms with Crippen LogP contribution in [-0.4, -0.2) is 23.0 Å². The number of aromatic amines is 1. The summed E-state index contributed by atoms with van der Waals surface area (Å²) in [6, 6.07) is 4.91. The lowest BCUT2D eigenvalue weighted by molar-refractivity contribution is 0.0964. The van der Waals surface area contributed by atoms with Gasteiger partial charge in [0.05, 0.1) is 11.1 Å². The van der Waals surface area contributed by atoms with E-state index in [1.807, 2.05) is 6.92 Å². The molecule has 0 bridgehead atoms. The molecule has 3 N–H and O–H groups in total. The lowest BCUT2D eigenvalue weighted by atomic mass is 10.1. The van der Waals surface area contributed by atoms with Crippen LogP contribution in [0.4, 0.5) is 0 Å². The topological polar surface area (TPSA) is 65.1 Å². The van der Waals surface area contributed by atoms with Gasteiger partial charge in [0.25, 0.3) is 5.91 Å². The Hall–Kier alpha value is -1.97. The van der Waals surface area contributed by atoms with Gasteiger partial charge in [-0.1, -0.05) is 0 Å². The molecule has 0 aliphatic heterocycles. The van der Waals surface area contributed by atoms with E-state index in [1.54, 1.807) is 25.2 Å². The lowest BCUT2D eigenvalue weighted by Gasteiger charge is -1.98. The van der Waals surface area contributed by atoms with Crippen molar-refractivity contribution >= 4 is 16.8 Å². The first-order valence-corrected chi connectivity index (χ1v) is 4.67. The maximum atomic E-state index is 11.6. The molecule has 0 unspecified atom stereocenters. The number of aryl methyl sites for hydroxylation is 1. The Balaban J connectivity index is 2.73. The van der Waals surface area contributed by atoms with E-state index in [4.69, 9.17) is 0 Å². The van der Waals surface area contributed by atoms with E-state index < -0.39 is 0 Å². The third kappa shape index (κ3) is 1.44. The molecule has 0 fully saturated rings. The van der Waals surface area contributed by atoms with E-state index in [2.05, 4.69) is 10.3 Å². The number of phenolic OH excluding ortho intramolecular Hbond substituents is 1. The SMILES string of the molecule is CNC(=O)c1c(C)[nH]c2cc(O)ccc12. The number of nitrogens with one attached hydrogen (secondary N) is 2. The van der Waals surface area contributed by atoms with Gasteiger partial charge in [-0.25, -0.2) is 0 Å². The van der Waals surface area contributed by atoms with Crippen molar-refractivity contribution in [2.45, 2.75) is 6.92 Å². The largest absolute Gasteiger partial charge is 0.508 e. The number of carbonyl (C=O) groups excluding carboxylic acids is 1. The van der Waals surface area contributed by atoms with Crippen molar-refractivity contribution < 1.29 is 9.90 Å². The van der Waals surface area contributed by atoms with Crippen LogP contribution in [0, 0.1) is 6.92 Å². The lowest BCUT2D eigenvalue weighted by Crippen LogP contribution is -2.18. The first-order valence-electron chi connectivity index (χ1n) is 4.67. The molecule has 78 valence electrons. The summed E-state index contributed by atoms with van der Waals surface area (Å²) >= 11 is 0. The Kier molecular flexibility index (Phi) is 2.11. The Morgan fingerprint density at radius 3 is 2.87 bits per heavy atom. The van der Waals surface area contributed by atoms with Gasteiger partial charge in [-0.2, -0.15) is 0 Å². The van der Waals surface area contributed by atoms with Gasteiger partial charge in [-0.15, -0.1) is 0 Å². The molecule has 2 aromatic rings. The number of phenols is 1. The second kappa shape index (κ2) is 3.31. The number of fused-ring (bicyclic) bond motifs is 1. The van der Waals surface area contributed by atoms with Gasteiger partial charge >= 0.3 is 0 Å². The van der Waals surface area contributed by atoms with Crippen molar-refractivity contribution in [1.29, 1.82) is 0 Å². The van der Waals surface area contributed by atoms with Crippen molar-refractivity contribution in [2.24, 2.45) is 0 Å². The molecular formula is C11H12N2O2. The number of amides is 1. The summed E-state index contributed by atoms with van der Waals surface area (Å²) in [6.07, 6.45) is 0. The molecule has 0 spiro atoms. The highest BCUT2D eigenvalue weighted by Gasteiger charge is 2.14. The van der Waals surface area contributed by atoms with E-state index in [0.717, 1.165) is 16.6 Å². The fourth-order valence-electron chi connectivity index (χ4n) is 1.74. The summed E-state index contributed by atoms with van der Waals surface area (Å²) < 4.78 is 0. The van der Waals surface area contributed by atoms with Crippen molar-refractivity contribution in [3.8, 4) is 5.75 Å². The molecule has 0 radical (unpaired) electrons. The van der Waals surface area contributed by atoms with Crippen LogP contribution in [0.2, 0.25) is 0 Å². The van der Waals surface area contributed by atoms with Crippen molar-refractivity contribution in [2.75, 3.05) is 7.05 Å². The third-order valence-electron chi connectivity index (χ3n) is 2.42. The number of hydrogen-bond donors (Lipinski definition) is 3. The predicted octanol–water partition coefficient (Wildman–Crippen LogP) is 1.54. The molecule has 0 atom stereocenters. The summed E-state index contributed by atoms with van der Waals surface area (Å²) in [5.41, 5.74) is 2.20. The molecule has 4 nitrogen and oxygen atoms in total. The summed E-state index contributed by atoms with van der Waals surface area (Å²) in [5.74, 6) is 0.0663. The molecular weight excluding hydrogens is 192 g/mol. The number of carbonyl (C=O) groups is 1. The fraction of sp³-hybridized carbons (Fsp3) is 0.182. The zero-order valence-corrected chi connectivity index (χ0v) is 8.59. The van der Waals surface area contributed by atoms with Crippen molar-refractivity contribution in [1.82, 2.24) is 10.3 Å². The standard InChI is InChI=1S/C11H12N2O2/c1-6-10(11(15)12-2)8-4-3-7(14)5-9(8)13-6/h3-5,13-14H,1-2H3,(H,12,15). The minimum Gasteiger partial charge on any atom is -0.508 e. The second-order valence-corrected chi connectivity index (χ2v) is 3.43. The molecule has 0 saturated heterocycles. The van der Waals surface area contributed by atoms with Crippen LogP contribution in [0.25, 0.3) is 10.9 Å². The average molecular weight is 204 g/mol. The van der Waals surface area contributed by atoms with Gasteiger partial charge in [-0.05, 0) is 19.1 Å². The average Bonchev–Trinajstić information content (AvgIpc) is 2.52. The van der Waals surface area contributed by atoms with Gasteiger partial charge in [-0.3, -0.25) is 4.79 Å². The Bertz CT molecular complexity index is 529. The van der Waals surface area contributed by atoms with E-state index >= 15 is 0 Å². The highest BCUT2D eigenvalue weighted by Crippen LogP contribution is 2.25. The minimum absolute atomic E-state index is 0.121. The van der Waals surface area contributed by atoms with Gasteiger partial charge in [0.1, 0.15) is 5.75 Å². The number of hydrogen-bond acceptors (Lipinski definition) is 2. The van der Waals surface area contributed by atoms with Crippen molar-refractivity contribution in [3.05, 3.63) is 29.5 Å². The van der Waals surface area contributed by atoms with Crippen LogP contribution in [0.15, 0.2) is 18.2 Å². The maximum absolute atomic E-state index is 11.6.